The first-order valence-electron chi connectivity index (χ1n) is 3.84. The largest absolute Gasteiger partial charge is 0.494 e. The summed E-state index contributed by atoms with van der Waals surface area (Å²) in [6.45, 7) is 1.59. The van der Waals surface area contributed by atoms with Gasteiger partial charge in [0, 0.05) is 17.7 Å². The molecule has 0 aliphatic rings. The van der Waals surface area contributed by atoms with Crippen molar-refractivity contribution in [1.29, 1.82) is 0 Å². The lowest BCUT2D eigenvalue weighted by molar-refractivity contribution is 0.381. The molecule has 0 bridgehead atoms. The van der Waals surface area contributed by atoms with Gasteiger partial charge >= 0.3 is 0 Å². The van der Waals surface area contributed by atoms with E-state index >= 15 is 0 Å². The Morgan fingerprint density at radius 1 is 1.31 bits per heavy atom. The van der Waals surface area contributed by atoms with E-state index in [9.17, 15) is 8.78 Å². The van der Waals surface area contributed by atoms with Gasteiger partial charge in [0.05, 0.1) is 7.11 Å². The van der Waals surface area contributed by atoms with Gasteiger partial charge in [0.25, 0.3) is 0 Å². The van der Waals surface area contributed by atoms with Gasteiger partial charge in [-0.15, -0.1) is 0 Å². The third-order valence-corrected chi connectivity index (χ3v) is 1.76. The van der Waals surface area contributed by atoms with Crippen molar-refractivity contribution in [2.45, 2.75) is 13.0 Å². The van der Waals surface area contributed by atoms with Crippen LogP contribution in [0, 0.1) is 11.6 Å². The molecule has 72 valence electrons. The number of nitrogens with two attached hydrogens (primary N) is 1. The number of hydrogen-bond donors (Lipinski definition) is 1. The van der Waals surface area contributed by atoms with Crippen LogP contribution < -0.4 is 10.5 Å². The summed E-state index contributed by atoms with van der Waals surface area (Å²) in [6.07, 6.45) is 0. The second-order valence-corrected chi connectivity index (χ2v) is 2.80. The van der Waals surface area contributed by atoms with Gasteiger partial charge in [0.2, 0.25) is 0 Å². The molecule has 0 radical (unpaired) electrons. The molecule has 13 heavy (non-hydrogen) atoms. The predicted molar refractivity (Wildman–Crippen MR) is 45.5 cm³/mol. The summed E-state index contributed by atoms with van der Waals surface area (Å²) >= 11 is 0. The van der Waals surface area contributed by atoms with Crippen LogP contribution in [-0.4, -0.2) is 7.11 Å². The Morgan fingerprint density at radius 3 is 2.38 bits per heavy atom. The summed E-state index contributed by atoms with van der Waals surface area (Å²) < 4.78 is 30.8. The van der Waals surface area contributed by atoms with Crippen LogP contribution in [0.1, 0.15) is 18.5 Å². The molecule has 0 saturated heterocycles. The minimum absolute atomic E-state index is 0.109. The van der Waals surface area contributed by atoms with E-state index in [2.05, 4.69) is 4.74 Å². The van der Waals surface area contributed by atoms with Gasteiger partial charge in [0.1, 0.15) is 5.82 Å². The van der Waals surface area contributed by atoms with Crippen molar-refractivity contribution < 1.29 is 13.5 Å². The fraction of sp³-hybridized carbons (Fsp3) is 0.333. The van der Waals surface area contributed by atoms with Crippen molar-refractivity contribution in [1.82, 2.24) is 0 Å². The third kappa shape index (κ3) is 1.95. The Balaban J connectivity index is 3.20. The lowest BCUT2D eigenvalue weighted by atomic mass is 10.1. The number of halogens is 2. The molecule has 4 heteroatoms. The molecule has 0 saturated carbocycles. The standard InChI is InChI=1S/C9H11F2NO/c1-5(12)6-3-8(11)9(13-2)4-7(6)10/h3-5H,12H2,1-2H3. The number of benzene rings is 1. The van der Waals surface area contributed by atoms with E-state index in [0.717, 1.165) is 12.1 Å². The SMILES string of the molecule is COc1cc(F)c(C(C)N)cc1F. The topological polar surface area (TPSA) is 35.2 Å². The minimum Gasteiger partial charge on any atom is -0.494 e. The molecule has 0 aliphatic carbocycles. The van der Waals surface area contributed by atoms with Crippen molar-refractivity contribution in [3.8, 4) is 5.75 Å². The lowest BCUT2D eigenvalue weighted by Crippen LogP contribution is -2.08. The maximum atomic E-state index is 13.1. The molecule has 0 amide bonds. The summed E-state index contributed by atoms with van der Waals surface area (Å²) in [5.41, 5.74) is 5.58. The summed E-state index contributed by atoms with van der Waals surface area (Å²) in [4.78, 5) is 0. The first kappa shape index (κ1) is 9.92. The fourth-order valence-electron chi connectivity index (χ4n) is 1.05. The van der Waals surface area contributed by atoms with E-state index in [-0.39, 0.29) is 11.3 Å². The van der Waals surface area contributed by atoms with Crippen LogP contribution in [0.4, 0.5) is 8.78 Å². The van der Waals surface area contributed by atoms with E-state index in [1.807, 2.05) is 0 Å². The smallest absolute Gasteiger partial charge is 0.165 e. The Labute approximate surface area is 75.3 Å². The molecule has 1 atom stereocenters. The van der Waals surface area contributed by atoms with Gasteiger partial charge < -0.3 is 10.5 Å². The van der Waals surface area contributed by atoms with Gasteiger partial charge in [-0.2, -0.15) is 0 Å². The minimum atomic E-state index is -0.601. The zero-order valence-electron chi connectivity index (χ0n) is 7.47. The van der Waals surface area contributed by atoms with Crippen LogP contribution in [0.3, 0.4) is 0 Å². The predicted octanol–water partition coefficient (Wildman–Crippen LogP) is 1.99. The summed E-state index contributed by atoms with van der Waals surface area (Å²) in [5.74, 6) is -1.26. The quantitative estimate of drug-likeness (QED) is 0.768. The van der Waals surface area contributed by atoms with Crippen molar-refractivity contribution in [3.63, 3.8) is 0 Å². The molecule has 1 aromatic carbocycles. The monoisotopic (exact) mass is 187 g/mol. The first-order chi connectivity index (χ1) is 6.06. The average Bonchev–Trinajstić information content (AvgIpc) is 2.07. The Kier molecular flexibility index (Phi) is 2.83. The van der Waals surface area contributed by atoms with Crippen molar-refractivity contribution >= 4 is 0 Å². The van der Waals surface area contributed by atoms with Crippen molar-refractivity contribution in [3.05, 3.63) is 29.3 Å². The fourth-order valence-corrected chi connectivity index (χ4v) is 1.05. The molecule has 0 heterocycles. The van der Waals surface area contributed by atoms with E-state index in [1.165, 1.54) is 7.11 Å². The number of ether oxygens (including phenoxy) is 1. The van der Waals surface area contributed by atoms with Crippen LogP contribution in [0.5, 0.6) is 5.75 Å². The van der Waals surface area contributed by atoms with E-state index < -0.39 is 17.7 Å². The molecule has 0 aliphatic heterocycles. The molecule has 2 nitrogen and oxygen atoms in total. The van der Waals surface area contributed by atoms with Gasteiger partial charge in [-0.1, -0.05) is 0 Å². The summed E-state index contributed by atoms with van der Waals surface area (Å²) in [5, 5.41) is 0. The zero-order chi connectivity index (χ0) is 10.0. The first-order valence-corrected chi connectivity index (χ1v) is 3.84. The highest BCUT2D eigenvalue weighted by Gasteiger charge is 2.12. The van der Waals surface area contributed by atoms with Crippen LogP contribution in [0.25, 0.3) is 0 Å². The highest BCUT2D eigenvalue weighted by molar-refractivity contribution is 5.32. The molecule has 1 aromatic rings. The molecular formula is C9H11F2NO. The van der Waals surface area contributed by atoms with Crippen LogP contribution in [0.15, 0.2) is 12.1 Å². The van der Waals surface area contributed by atoms with Crippen LogP contribution in [0.2, 0.25) is 0 Å². The van der Waals surface area contributed by atoms with Crippen molar-refractivity contribution in [2.75, 3.05) is 7.11 Å². The van der Waals surface area contributed by atoms with E-state index in [4.69, 9.17) is 5.73 Å². The zero-order valence-corrected chi connectivity index (χ0v) is 7.47. The van der Waals surface area contributed by atoms with Gasteiger partial charge in [0.15, 0.2) is 11.6 Å². The third-order valence-electron chi connectivity index (χ3n) is 1.76. The molecular weight excluding hydrogens is 176 g/mol. The Hall–Kier alpha value is -1.16. The molecule has 0 fully saturated rings. The van der Waals surface area contributed by atoms with Gasteiger partial charge in [-0.3, -0.25) is 0 Å². The second kappa shape index (κ2) is 3.70. The van der Waals surface area contributed by atoms with Gasteiger partial charge in [-0.25, -0.2) is 8.78 Å². The number of methoxy groups -OCH3 is 1. The van der Waals surface area contributed by atoms with Gasteiger partial charge in [-0.05, 0) is 13.0 Å². The Bertz CT molecular complexity index is 313. The summed E-state index contributed by atoms with van der Waals surface area (Å²) in [7, 11) is 1.28. The summed E-state index contributed by atoms with van der Waals surface area (Å²) in [6, 6.07) is 1.52. The normalized spacial score (nSPS) is 12.7. The van der Waals surface area contributed by atoms with Crippen LogP contribution in [-0.2, 0) is 0 Å². The lowest BCUT2D eigenvalue weighted by Gasteiger charge is -2.09. The molecule has 2 N–H and O–H groups in total. The van der Waals surface area contributed by atoms with Crippen molar-refractivity contribution in [2.24, 2.45) is 5.73 Å². The second-order valence-electron chi connectivity index (χ2n) is 2.80. The highest BCUT2D eigenvalue weighted by atomic mass is 19.1. The maximum absolute atomic E-state index is 13.1. The van der Waals surface area contributed by atoms with Crippen LogP contribution >= 0.6 is 0 Å². The number of rotatable bonds is 2. The van der Waals surface area contributed by atoms with E-state index in [1.54, 1.807) is 6.92 Å². The molecule has 0 spiro atoms. The number of hydrogen-bond acceptors (Lipinski definition) is 2. The molecule has 0 aromatic heterocycles. The average molecular weight is 187 g/mol. The molecule has 1 unspecified atom stereocenters. The highest BCUT2D eigenvalue weighted by Crippen LogP contribution is 2.23. The molecule has 1 rings (SSSR count). The maximum Gasteiger partial charge on any atom is 0.165 e. The van der Waals surface area contributed by atoms with E-state index in [0.29, 0.717) is 0 Å². The Morgan fingerprint density at radius 2 is 1.92 bits per heavy atom.